The lowest BCUT2D eigenvalue weighted by molar-refractivity contribution is 0.246. The zero-order chi connectivity index (χ0) is 13.3. The molecule has 1 N–H and O–H groups in total. The molecule has 0 radical (unpaired) electrons. The number of aliphatic imine (C=N–C) groups is 1. The zero-order valence-electron chi connectivity index (χ0n) is 11.3. The summed E-state index contributed by atoms with van der Waals surface area (Å²) in [6.07, 6.45) is 5.11. The van der Waals surface area contributed by atoms with E-state index in [-0.39, 0.29) is 0 Å². The highest BCUT2D eigenvalue weighted by molar-refractivity contribution is 9.11. The number of thiophene rings is 1. The molecule has 1 aliphatic heterocycles. The second kappa shape index (κ2) is 5.44. The van der Waals surface area contributed by atoms with E-state index in [2.05, 4.69) is 50.3 Å². The van der Waals surface area contributed by atoms with Gasteiger partial charge in [-0.3, -0.25) is 4.99 Å². The number of halogens is 1. The summed E-state index contributed by atoms with van der Waals surface area (Å²) in [4.78, 5) is 8.34. The van der Waals surface area contributed by atoms with Gasteiger partial charge in [-0.15, -0.1) is 11.3 Å². The molecule has 0 atom stereocenters. The molecule has 3 rings (SSSR count). The molecule has 1 fully saturated rings. The van der Waals surface area contributed by atoms with Gasteiger partial charge in [-0.25, -0.2) is 0 Å². The van der Waals surface area contributed by atoms with Crippen molar-refractivity contribution in [1.29, 1.82) is 0 Å². The largest absolute Gasteiger partial charge is 0.355 e. The summed E-state index contributed by atoms with van der Waals surface area (Å²) in [5, 5.41) is 3.59. The molecule has 3 nitrogen and oxygen atoms in total. The summed E-state index contributed by atoms with van der Waals surface area (Å²) in [7, 11) is 2.13. The SMILES string of the molecule is CN1CCCN=C1NCC1(c2ccc(Br)s2)CCC1. The van der Waals surface area contributed by atoms with Crippen molar-refractivity contribution < 1.29 is 0 Å². The summed E-state index contributed by atoms with van der Waals surface area (Å²) in [6, 6.07) is 4.45. The fourth-order valence-corrected chi connectivity index (χ4v) is 4.50. The standard InChI is InChI=1S/C14H20BrN3S/c1-18-9-3-8-16-13(18)17-10-14(6-2-7-14)11-4-5-12(15)19-11/h4-5H,2-3,6-10H2,1H3,(H,16,17). The Bertz CT molecular complexity index is 479. The van der Waals surface area contributed by atoms with Crippen molar-refractivity contribution in [1.82, 2.24) is 10.2 Å². The molecule has 104 valence electrons. The minimum absolute atomic E-state index is 0.345. The van der Waals surface area contributed by atoms with Crippen molar-refractivity contribution in [2.45, 2.75) is 31.1 Å². The van der Waals surface area contributed by atoms with Crippen molar-refractivity contribution in [2.24, 2.45) is 4.99 Å². The van der Waals surface area contributed by atoms with E-state index in [4.69, 9.17) is 0 Å². The lowest BCUT2D eigenvalue weighted by Gasteiger charge is -2.42. The number of nitrogens with zero attached hydrogens (tertiary/aromatic N) is 2. The van der Waals surface area contributed by atoms with Crippen molar-refractivity contribution >= 4 is 33.2 Å². The predicted octanol–water partition coefficient (Wildman–Crippen LogP) is 3.21. The lowest BCUT2D eigenvalue weighted by atomic mass is 9.68. The maximum absolute atomic E-state index is 4.60. The summed E-state index contributed by atoms with van der Waals surface area (Å²) in [5.41, 5.74) is 0.345. The van der Waals surface area contributed by atoms with Gasteiger partial charge in [0.15, 0.2) is 5.96 Å². The third kappa shape index (κ3) is 2.68. The Morgan fingerprint density at radius 2 is 2.26 bits per heavy atom. The van der Waals surface area contributed by atoms with E-state index in [9.17, 15) is 0 Å². The fourth-order valence-electron chi connectivity index (χ4n) is 2.87. The Hall–Kier alpha value is -0.550. The van der Waals surface area contributed by atoms with Gasteiger partial charge in [-0.05, 0) is 47.3 Å². The molecule has 1 aromatic rings. The Labute approximate surface area is 127 Å². The summed E-state index contributed by atoms with van der Waals surface area (Å²) >= 11 is 5.46. The number of nitrogens with one attached hydrogen (secondary N) is 1. The van der Waals surface area contributed by atoms with E-state index in [1.165, 1.54) is 34.3 Å². The molecule has 0 aromatic carbocycles. The van der Waals surface area contributed by atoms with E-state index >= 15 is 0 Å². The Kier molecular flexibility index (Phi) is 3.85. The monoisotopic (exact) mass is 341 g/mol. The minimum Gasteiger partial charge on any atom is -0.355 e. The molecular weight excluding hydrogens is 322 g/mol. The van der Waals surface area contributed by atoms with Crippen LogP contribution in [-0.2, 0) is 5.41 Å². The van der Waals surface area contributed by atoms with Crippen LogP contribution < -0.4 is 5.32 Å². The first-order chi connectivity index (χ1) is 9.20. The average Bonchev–Trinajstić information content (AvgIpc) is 2.77. The maximum Gasteiger partial charge on any atom is 0.193 e. The van der Waals surface area contributed by atoms with Crippen LogP contribution in [0.15, 0.2) is 20.9 Å². The van der Waals surface area contributed by atoms with Crippen LogP contribution in [0.2, 0.25) is 0 Å². The maximum atomic E-state index is 4.60. The molecule has 0 amide bonds. The van der Waals surface area contributed by atoms with Gasteiger partial charge in [-0.1, -0.05) is 6.42 Å². The van der Waals surface area contributed by atoms with Crippen LogP contribution in [0, 0.1) is 0 Å². The van der Waals surface area contributed by atoms with Crippen LogP contribution in [0.5, 0.6) is 0 Å². The molecule has 19 heavy (non-hydrogen) atoms. The first-order valence-electron chi connectivity index (χ1n) is 6.95. The second-order valence-electron chi connectivity index (χ2n) is 5.57. The molecule has 0 unspecified atom stereocenters. The average molecular weight is 342 g/mol. The highest BCUT2D eigenvalue weighted by atomic mass is 79.9. The van der Waals surface area contributed by atoms with E-state index in [0.717, 1.165) is 25.6 Å². The number of hydrogen-bond donors (Lipinski definition) is 1. The van der Waals surface area contributed by atoms with E-state index in [1.807, 2.05) is 11.3 Å². The molecule has 0 bridgehead atoms. The minimum atomic E-state index is 0.345. The van der Waals surface area contributed by atoms with Gasteiger partial charge in [0, 0.05) is 37.0 Å². The molecule has 2 aliphatic rings. The first-order valence-corrected chi connectivity index (χ1v) is 8.56. The molecule has 1 saturated carbocycles. The van der Waals surface area contributed by atoms with Gasteiger partial charge in [0.05, 0.1) is 3.79 Å². The molecule has 0 saturated heterocycles. The van der Waals surface area contributed by atoms with Crippen molar-refractivity contribution in [3.63, 3.8) is 0 Å². The van der Waals surface area contributed by atoms with Gasteiger partial charge < -0.3 is 10.2 Å². The molecule has 5 heteroatoms. The summed E-state index contributed by atoms with van der Waals surface area (Å²) in [6.45, 7) is 3.09. The first kappa shape index (κ1) is 13.4. The second-order valence-corrected chi connectivity index (χ2v) is 8.03. The third-order valence-electron chi connectivity index (χ3n) is 4.27. The number of hydrogen-bond acceptors (Lipinski definition) is 4. The van der Waals surface area contributed by atoms with Crippen molar-refractivity contribution in [3.8, 4) is 0 Å². The summed E-state index contributed by atoms with van der Waals surface area (Å²) < 4.78 is 1.24. The molecular formula is C14H20BrN3S. The van der Waals surface area contributed by atoms with Gasteiger partial charge in [0.1, 0.15) is 0 Å². The third-order valence-corrected chi connectivity index (χ3v) is 6.14. The topological polar surface area (TPSA) is 27.6 Å². The van der Waals surface area contributed by atoms with Gasteiger partial charge in [-0.2, -0.15) is 0 Å². The van der Waals surface area contributed by atoms with Crippen molar-refractivity contribution in [3.05, 3.63) is 20.8 Å². The Morgan fingerprint density at radius 1 is 1.42 bits per heavy atom. The normalized spacial score (nSPS) is 21.8. The van der Waals surface area contributed by atoms with Crippen LogP contribution in [0.3, 0.4) is 0 Å². The zero-order valence-corrected chi connectivity index (χ0v) is 13.7. The Balaban J connectivity index is 1.69. The van der Waals surface area contributed by atoms with Crippen LogP contribution in [0.25, 0.3) is 0 Å². The molecule has 2 heterocycles. The van der Waals surface area contributed by atoms with E-state index in [0.29, 0.717) is 5.41 Å². The lowest BCUT2D eigenvalue weighted by Crippen LogP contribution is -2.50. The van der Waals surface area contributed by atoms with Gasteiger partial charge in [0.25, 0.3) is 0 Å². The molecule has 1 aliphatic carbocycles. The van der Waals surface area contributed by atoms with Gasteiger partial charge in [0.2, 0.25) is 0 Å². The van der Waals surface area contributed by atoms with Crippen molar-refractivity contribution in [2.75, 3.05) is 26.7 Å². The number of guanidine groups is 1. The smallest absolute Gasteiger partial charge is 0.193 e. The fraction of sp³-hybridized carbons (Fsp3) is 0.643. The van der Waals surface area contributed by atoms with Crippen LogP contribution in [0.1, 0.15) is 30.6 Å². The van der Waals surface area contributed by atoms with Gasteiger partial charge >= 0.3 is 0 Å². The van der Waals surface area contributed by atoms with E-state index in [1.54, 1.807) is 0 Å². The molecule has 1 aromatic heterocycles. The van der Waals surface area contributed by atoms with Crippen LogP contribution in [0.4, 0.5) is 0 Å². The van der Waals surface area contributed by atoms with E-state index < -0.39 is 0 Å². The summed E-state index contributed by atoms with van der Waals surface area (Å²) in [5.74, 6) is 1.08. The van der Waals surface area contributed by atoms with Crippen LogP contribution in [-0.4, -0.2) is 37.5 Å². The highest BCUT2D eigenvalue weighted by Gasteiger charge is 2.40. The van der Waals surface area contributed by atoms with Crippen LogP contribution >= 0.6 is 27.3 Å². The Morgan fingerprint density at radius 3 is 2.84 bits per heavy atom. The molecule has 0 spiro atoms. The predicted molar refractivity (Wildman–Crippen MR) is 85.1 cm³/mol. The highest BCUT2D eigenvalue weighted by Crippen LogP contribution is 2.46. The number of rotatable bonds is 3. The quantitative estimate of drug-likeness (QED) is 0.913.